The Morgan fingerprint density at radius 3 is 2.68 bits per heavy atom. The average molecular weight is 258 g/mol. The predicted molar refractivity (Wildman–Crippen MR) is 77.6 cm³/mol. The molecule has 1 atom stereocenters. The third kappa shape index (κ3) is 4.12. The van der Waals surface area contributed by atoms with Crippen molar-refractivity contribution in [2.45, 2.75) is 39.0 Å². The summed E-state index contributed by atoms with van der Waals surface area (Å²) in [6.45, 7) is 5.20. The van der Waals surface area contributed by atoms with Gasteiger partial charge in [0.05, 0.1) is 12.9 Å². The molecule has 1 aromatic carbocycles. The molecule has 19 heavy (non-hydrogen) atoms. The maximum absolute atomic E-state index is 5.74. The highest BCUT2D eigenvalue weighted by atomic mass is 16.5. The molecular weight excluding hydrogens is 236 g/mol. The van der Waals surface area contributed by atoms with E-state index < -0.39 is 0 Å². The van der Waals surface area contributed by atoms with Crippen molar-refractivity contribution in [1.29, 1.82) is 0 Å². The highest BCUT2D eigenvalue weighted by Crippen LogP contribution is 2.21. The van der Waals surface area contributed by atoms with Crippen LogP contribution in [-0.4, -0.2) is 16.6 Å². The molecule has 1 aromatic heterocycles. The van der Waals surface area contributed by atoms with Gasteiger partial charge in [0.15, 0.2) is 0 Å². The third-order valence-corrected chi connectivity index (χ3v) is 3.48. The van der Waals surface area contributed by atoms with E-state index in [4.69, 9.17) is 4.74 Å². The molecule has 0 aliphatic carbocycles. The smallest absolute Gasteiger partial charge is 0.119 e. The number of hydrogen-bond acceptors (Lipinski definition) is 2. The summed E-state index contributed by atoms with van der Waals surface area (Å²) in [6.07, 6.45) is 6.72. The van der Waals surface area contributed by atoms with Crippen molar-refractivity contribution >= 4 is 0 Å². The number of benzene rings is 1. The normalized spacial score (nSPS) is 12.3. The first-order chi connectivity index (χ1) is 9.29. The zero-order chi connectivity index (χ0) is 13.5. The molecule has 3 nitrogen and oxygen atoms in total. The molecule has 0 fully saturated rings. The molecule has 0 aliphatic heterocycles. The second kappa shape index (κ2) is 6.98. The summed E-state index contributed by atoms with van der Waals surface area (Å²) in [5.74, 6) is 1.58. The lowest BCUT2D eigenvalue weighted by Crippen LogP contribution is -2.00. The van der Waals surface area contributed by atoms with Gasteiger partial charge in [-0.2, -0.15) is 0 Å². The molecule has 1 N–H and O–H groups in total. The molecular formula is C16H22N2O. The van der Waals surface area contributed by atoms with Crippen molar-refractivity contribution < 1.29 is 4.74 Å². The third-order valence-electron chi connectivity index (χ3n) is 3.48. The van der Waals surface area contributed by atoms with Crippen LogP contribution in [0, 0.1) is 0 Å². The van der Waals surface area contributed by atoms with E-state index in [1.54, 1.807) is 6.33 Å². The van der Waals surface area contributed by atoms with E-state index in [1.807, 2.05) is 6.20 Å². The molecule has 0 saturated heterocycles. The minimum atomic E-state index is 0.620. The van der Waals surface area contributed by atoms with Crippen molar-refractivity contribution in [2.24, 2.45) is 0 Å². The van der Waals surface area contributed by atoms with Gasteiger partial charge in [0.1, 0.15) is 5.75 Å². The number of imidazole rings is 1. The lowest BCUT2D eigenvalue weighted by atomic mass is 9.99. The molecule has 0 radical (unpaired) electrons. The van der Waals surface area contributed by atoms with Gasteiger partial charge in [-0.25, -0.2) is 4.98 Å². The van der Waals surface area contributed by atoms with Crippen LogP contribution in [0.1, 0.15) is 43.9 Å². The summed E-state index contributed by atoms with van der Waals surface area (Å²) in [7, 11) is 0. The van der Waals surface area contributed by atoms with E-state index in [1.165, 1.54) is 12.0 Å². The summed E-state index contributed by atoms with van der Waals surface area (Å²) in [5.41, 5.74) is 2.54. The van der Waals surface area contributed by atoms with E-state index >= 15 is 0 Å². The van der Waals surface area contributed by atoms with Gasteiger partial charge in [0, 0.05) is 11.9 Å². The second-order valence-corrected chi connectivity index (χ2v) is 4.91. The van der Waals surface area contributed by atoms with Crippen LogP contribution < -0.4 is 4.74 Å². The topological polar surface area (TPSA) is 37.9 Å². The highest BCUT2D eigenvalue weighted by molar-refractivity contribution is 5.29. The summed E-state index contributed by atoms with van der Waals surface area (Å²) >= 11 is 0. The number of nitrogens with zero attached hydrogens (tertiary/aromatic N) is 1. The van der Waals surface area contributed by atoms with Crippen molar-refractivity contribution in [3.63, 3.8) is 0 Å². The molecule has 2 aromatic rings. The number of H-pyrrole nitrogens is 1. The number of nitrogens with one attached hydrogen (secondary N) is 1. The maximum atomic E-state index is 5.74. The molecule has 0 bridgehead atoms. The Kier molecular flexibility index (Phi) is 5.01. The SMILES string of the molecule is CCC(C)c1ccc(OCCCc2cnc[nH]2)cc1. The quantitative estimate of drug-likeness (QED) is 0.764. The minimum Gasteiger partial charge on any atom is -0.494 e. The molecule has 1 heterocycles. The van der Waals surface area contributed by atoms with Crippen LogP contribution in [0.5, 0.6) is 5.75 Å². The first-order valence-corrected chi connectivity index (χ1v) is 6.99. The lowest BCUT2D eigenvalue weighted by Gasteiger charge is -2.10. The van der Waals surface area contributed by atoms with E-state index in [9.17, 15) is 0 Å². The van der Waals surface area contributed by atoms with Crippen molar-refractivity contribution in [3.8, 4) is 5.75 Å². The molecule has 1 unspecified atom stereocenters. The van der Waals surface area contributed by atoms with Gasteiger partial charge in [-0.3, -0.25) is 0 Å². The minimum absolute atomic E-state index is 0.620. The van der Waals surface area contributed by atoms with Crippen molar-refractivity contribution in [3.05, 3.63) is 48.0 Å². The van der Waals surface area contributed by atoms with Crippen LogP contribution in [0.2, 0.25) is 0 Å². The summed E-state index contributed by atoms with van der Waals surface area (Å²) in [4.78, 5) is 7.09. The van der Waals surface area contributed by atoms with Crippen molar-refractivity contribution in [2.75, 3.05) is 6.61 Å². The van der Waals surface area contributed by atoms with Crippen LogP contribution in [0.15, 0.2) is 36.8 Å². The second-order valence-electron chi connectivity index (χ2n) is 4.91. The van der Waals surface area contributed by atoms with Gasteiger partial charge in [-0.05, 0) is 42.9 Å². The van der Waals surface area contributed by atoms with Gasteiger partial charge >= 0.3 is 0 Å². The summed E-state index contributed by atoms with van der Waals surface area (Å²) < 4.78 is 5.74. The molecule has 0 spiro atoms. The lowest BCUT2D eigenvalue weighted by molar-refractivity contribution is 0.310. The van der Waals surface area contributed by atoms with Crippen LogP contribution in [0.25, 0.3) is 0 Å². The Morgan fingerprint density at radius 1 is 1.26 bits per heavy atom. The Morgan fingerprint density at radius 2 is 2.05 bits per heavy atom. The van der Waals surface area contributed by atoms with Crippen molar-refractivity contribution in [1.82, 2.24) is 9.97 Å². The van der Waals surface area contributed by atoms with E-state index in [-0.39, 0.29) is 0 Å². The van der Waals surface area contributed by atoms with Crippen LogP contribution in [0.3, 0.4) is 0 Å². The average Bonchev–Trinajstić information content (AvgIpc) is 2.96. The summed E-state index contributed by atoms with van der Waals surface area (Å²) in [6, 6.07) is 8.46. The Bertz CT molecular complexity index is 462. The van der Waals surface area contributed by atoms with Gasteiger partial charge in [0.2, 0.25) is 0 Å². The van der Waals surface area contributed by atoms with Gasteiger partial charge in [-0.1, -0.05) is 26.0 Å². The number of aromatic nitrogens is 2. The zero-order valence-electron chi connectivity index (χ0n) is 11.7. The molecule has 0 amide bonds. The Labute approximate surface area is 115 Å². The van der Waals surface area contributed by atoms with Crippen LogP contribution >= 0.6 is 0 Å². The fraction of sp³-hybridized carbons (Fsp3) is 0.438. The zero-order valence-corrected chi connectivity index (χ0v) is 11.7. The monoisotopic (exact) mass is 258 g/mol. The van der Waals surface area contributed by atoms with Crippen LogP contribution in [-0.2, 0) is 6.42 Å². The molecule has 2 rings (SSSR count). The van der Waals surface area contributed by atoms with E-state index in [0.29, 0.717) is 5.92 Å². The summed E-state index contributed by atoms with van der Waals surface area (Å²) in [5, 5.41) is 0. The first-order valence-electron chi connectivity index (χ1n) is 6.99. The van der Waals surface area contributed by atoms with Gasteiger partial charge in [0.25, 0.3) is 0 Å². The number of aromatic amines is 1. The molecule has 3 heteroatoms. The number of aryl methyl sites for hydroxylation is 1. The number of ether oxygens (including phenoxy) is 1. The number of hydrogen-bond donors (Lipinski definition) is 1. The standard InChI is InChI=1S/C16H22N2O/c1-3-13(2)14-6-8-16(9-7-14)19-10-4-5-15-11-17-12-18-15/h6-9,11-13H,3-5,10H2,1-2H3,(H,17,18). The van der Waals surface area contributed by atoms with E-state index in [2.05, 4.69) is 48.1 Å². The Hall–Kier alpha value is -1.77. The first kappa shape index (κ1) is 13.7. The van der Waals surface area contributed by atoms with Gasteiger partial charge in [-0.15, -0.1) is 0 Å². The largest absolute Gasteiger partial charge is 0.494 e. The molecule has 0 saturated carbocycles. The van der Waals surface area contributed by atoms with Gasteiger partial charge < -0.3 is 9.72 Å². The predicted octanol–water partition coefficient (Wildman–Crippen LogP) is 3.93. The maximum Gasteiger partial charge on any atom is 0.119 e. The van der Waals surface area contributed by atoms with E-state index in [0.717, 1.165) is 30.9 Å². The highest BCUT2D eigenvalue weighted by Gasteiger charge is 2.02. The fourth-order valence-electron chi connectivity index (χ4n) is 2.00. The fourth-order valence-corrected chi connectivity index (χ4v) is 2.00. The van der Waals surface area contributed by atoms with Crippen LogP contribution in [0.4, 0.5) is 0 Å². The Balaban J connectivity index is 1.74. The number of rotatable bonds is 7. The molecule has 0 aliphatic rings. The molecule has 102 valence electrons.